The summed E-state index contributed by atoms with van der Waals surface area (Å²) in [4.78, 5) is 17.9. The summed E-state index contributed by atoms with van der Waals surface area (Å²) in [5, 5.41) is 8.80. The van der Waals surface area contributed by atoms with E-state index in [1.807, 2.05) is 12.4 Å². The molecule has 2 fully saturated rings. The Hall–Kier alpha value is -3.91. The van der Waals surface area contributed by atoms with Crippen LogP contribution in [0.5, 0.6) is 5.75 Å². The normalized spacial score (nSPS) is 18.0. The van der Waals surface area contributed by atoms with Crippen LogP contribution in [-0.4, -0.2) is 74.3 Å². The number of nitrogens with zero attached hydrogens (tertiary/aromatic N) is 5. The molecule has 0 saturated carbocycles. The number of H-pyrrole nitrogens is 2. The summed E-state index contributed by atoms with van der Waals surface area (Å²) in [5.74, 6) is 0.790. The summed E-state index contributed by atoms with van der Waals surface area (Å²) in [5.41, 5.74) is 9.92. The van der Waals surface area contributed by atoms with Crippen LogP contribution in [0.4, 0.5) is 0 Å². The number of fused-ring (bicyclic) bond motifs is 2. The van der Waals surface area contributed by atoms with Crippen LogP contribution in [0.25, 0.3) is 39.2 Å². The molecule has 7 rings (SSSR count). The summed E-state index contributed by atoms with van der Waals surface area (Å²) in [7, 11) is 0. The van der Waals surface area contributed by atoms with Crippen LogP contribution < -0.4 is 4.74 Å². The maximum atomic E-state index is 6.06. The van der Waals surface area contributed by atoms with Crippen molar-refractivity contribution in [2.75, 3.05) is 39.3 Å². The fraction of sp³-hybridized carbons (Fsp3) is 0.406. The maximum absolute atomic E-state index is 6.06. The van der Waals surface area contributed by atoms with Crippen molar-refractivity contribution in [2.45, 2.75) is 45.4 Å². The average Bonchev–Trinajstić information content (AvgIpc) is 3.73. The van der Waals surface area contributed by atoms with Gasteiger partial charge in [0, 0.05) is 71.9 Å². The monoisotopic (exact) mass is 535 g/mol. The minimum Gasteiger partial charge on any atom is -0.491 e. The van der Waals surface area contributed by atoms with Crippen molar-refractivity contribution in [3.8, 4) is 28.3 Å². The van der Waals surface area contributed by atoms with Gasteiger partial charge in [-0.25, -0.2) is 4.98 Å². The van der Waals surface area contributed by atoms with Gasteiger partial charge in [0.1, 0.15) is 12.4 Å². The molecule has 2 aliphatic heterocycles. The number of likely N-dealkylation sites (tertiary alicyclic amines) is 2. The fourth-order valence-corrected chi connectivity index (χ4v) is 6.28. The number of aromatic nitrogens is 5. The maximum Gasteiger partial charge on any atom is 0.181 e. The Morgan fingerprint density at radius 1 is 0.900 bits per heavy atom. The van der Waals surface area contributed by atoms with Crippen molar-refractivity contribution < 1.29 is 4.74 Å². The molecule has 0 spiro atoms. The second-order valence-corrected chi connectivity index (χ2v) is 11.4. The van der Waals surface area contributed by atoms with Crippen LogP contribution in [0.1, 0.15) is 50.3 Å². The minimum absolute atomic E-state index is 0.675. The third kappa shape index (κ3) is 5.04. The Labute approximate surface area is 235 Å². The second kappa shape index (κ2) is 10.9. The van der Waals surface area contributed by atoms with Gasteiger partial charge in [0.2, 0.25) is 0 Å². The van der Waals surface area contributed by atoms with E-state index in [0.29, 0.717) is 12.3 Å². The third-order valence-electron chi connectivity index (χ3n) is 8.45. The highest BCUT2D eigenvalue weighted by atomic mass is 16.5. The van der Waals surface area contributed by atoms with Gasteiger partial charge in [-0.2, -0.15) is 5.10 Å². The SMILES string of the molecule is CC1=CC=C(N2CCCCC2)c2cc(-c3[nH]nc4ncc(-c5cncc(OCCN6CCCC6)c5)cc34)[nH]c2C1. The van der Waals surface area contributed by atoms with Gasteiger partial charge < -0.3 is 14.6 Å². The standard InChI is InChI=1S/C32H37N7O/c1-22-7-8-30(39-11-3-2-4-12-39)26-18-29(35-28(26)15-22)31-27-17-24(20-34-32(27)37-36-31)23-16-25(21-33-19-23)40-14-13-38-9-5-6-10-38/h7-8,16-21,35H,2-6,9-15H2,1H3,(H,34,36,37). The first-order valence-electron chi connectivity index (χ1n) is 14.7. The number of ether oxygens (including phenoxy) is 1. The lowest BCUT2D eigenvalue weighted by molar-refractivity contribution is 0.237. The zero-order valence-corrected chi connectivity index (χ0v) is 23.2. The molecule has 2 N–H and O–H groups in total. The average molecular weight is 536 g/mol. The highest BCUT2D eigenvalue weighted by Gasteiger charge is 2.23. The van der Waals surface area contributed by atoms with Gasteiger partial charge in [-0.05, 0) is 76.4 Å². The number of nitrogens with one attached hydrogen (secondary N) is 2. The van der Waals surface area contributed by atoms with Crippen LogP contribution in [0.3, 0.4) is 0 Å². The molecule has 0 amide bonds. The zero-order valence-electron chi connectivity index (χ0n) is 23.2. The van der Waals surface area contributed by atoms with E-state index >= 15 is 0 Å². The predicted octanol–water partition coefficient (Wildman–Crippen LogP) is 5.82. The summed E-state index contributed by atoms with van der Waals surface area (Å²) < 4.78 is 6.06. The molecule has 8 heteroatoms. The number of pyridine rings is 2. The van der Waals surface area contributed by atoms with E-state index in [1.54, 1.807) is 6.20 Å². The minimum atomic E-state index is 0.675. The fourth-order valence-electron chi connectivity index (χ4n) is 6.28. The van der Waals surface area contributed by atoms with Crippen molar-refractivity contribution in [3.63, 3.8) is 0 Å². The molecule has 206 valence electrons. The molecular weight excluding hydrogens is 498 g/mol. The Kier molecular flexibility index (Phi) is 6.85. The quantitative estimate of drug-likeness (QED) is 0.310. The Morgan fingerprint density at radius 2 is 1.73 bits per heavy atom. The number of piperidine rings is 1. The second-order valence-electron chi connectivity index (χ2n) is 11.4. The number of aromatic amines is 2. The van der Waals surface area contributed by atoms with Crippen molar-refractivity contribution in [3.05, 3.63) is 65.8 Å². The first-order chi connectivity index (χ1) is 19.7. The first-order valence-corrected chi connectivity index (χ1v) is 14.7. The summed E-state index contributed by atoms with van der Waals surface area (Å²) in [6.45, 7) is 8.43. The van der Waals surface area contributed by atoms with Gasteiger partial charge in [-0.1, -0.05) is 11.6 Å². The smallest absolute Gasteiger partial charge is 0.181 e. The lowest BCUT2D eigenvalue weighted by Crippen LogP contribution is -2.28. The Morgan fingerprint density at radius 3 is 2.60 bits per heavy atom. The molecule has 0 unspecified atom stereocenters. The third-order valence-corrected chi connectivity index (χ3v) is 8.45. The molecule has 0 bridgehead atoms. The molecule has 1 aliphatic carbocycles. The molecule has 4 aromatic heterocycles. The van der Waals surface area contributed by atoms with Gasteiger partial charge in [-0.3, -0.25) is 15.0 Å². The van der Waals surface area contributed by atoms with E-state index in [1.165, 1.54) is 67.7 Å². The highest BCUT2D eigenvalue weighted by Crippen LogP contribution is 2.36. The van der Waals surface area contributed by atoms with Gasteiger partial charge in [0.05, 0.1) is 17.6 Å². The Bertz CT molecular complexity index is 1570. The number of allylic oxidation sites excluding steroid dienone is 3. The highest BCUT2D eigenvalue weighted by molar-refractivity contribution is 5.93. The number of hydrogen-bond donors (Lipinski definition) is 2. The molecule has 6 heterocycles. The van der Waals surface area contributed by atoms with E-state index < -0.39 is 0 Å². The number of hydrogen-bond acceptors (Lipinski definition) is 6. The first kappa shape index (κ1) is 25.1. The molecule has 0 radical (unpaired) electrons. The zero-order chi connectivity index (χ0) is 26.9. The molecule has 0 aromatic carbocycles. The van der Waals surface area contributed by atoms with Crippen molar-refractivity contribution in [1.82, 2.24) is 34.9 Å². The molecule has 8 nitrogen and oxygen atoms in total. The molecule has 40 heavy (non-hydrogen) atoms. The lowest BCUT2D eigenvalue weighted by atomic mass is 10.0. The van der Waals surface area contributed by atoms with Gasteiger partial charge >= 0.3 is 0 Å². The van der Waals surface area contributed by atoms with E-state index in [-0.39, 0.29) is 0 Å². The van der Waals surface area contributed by atoms with E-state index in [0.717, 1.165) is 59.7 Å². The van der Waals surface area contributed by atoms with Gasteiger partial charge in [0.15, 0.2) is 5.65 Å². The van der Waals surface area contributed by atoms with Crippen molar-refractivity contribution in [2.24, 2.45) is 0 Å². The van der Waals surface area contributed by atoms with Crippen molar-refractivity contribution in [1.29, 1.82) is 0 Å². The summed E-state index contributed by atoms with van der Waals surface area (Å²) in [6.07, 6.45) is 17.4. The molecule has 4 aromatic rings. The van der Waals surface area contributed by atoms with E-state index in [2.05, 4.69) is 72.2 Å². The van der Waals surface area contributed by atoms with Gasteiger partial charge in [0.25, 0.3) is 0 Å². The Balaban J connectivity index is 1.17. The van der Waals surface area contributed by atoms with Crippen LogP contribution in [0.15, 0.2) is 54.5 Å². The topological polar surface area (TPSA) is 86.0 Å². The van der Waals surface area contributed by atoms with E-state index in [4.69, 9.17) is 4.74 Å². The van der Waals surface area contributed by atoms with Crippen LogP contribution in [0, 0.1) is 0 Å². The largest absolute Gasteiger partial charge is 0.491 e. The molecular formula is C32H37N7O. The number of rotatable bonds is 7. The summed E-state index contributed by atoms with van der Waals surface area (Å²) in [6, 6.07) is 6.50. The van der Waals surface area contributed by atoms with Crippen LogP contribution in [0.2, 0.25) is 0 Å². The van der Waals surface area contributed by atoms with Gasteiger partial charge in [-0.15, -0.1) is 0 Å². The van der Waals surface area contributed by atoms with Crippen LogP contribution in [-0.2, 0) is 6.42 Å². The van der Waals surface area contributed by atoms with E-state index in [9.17, 15) is 0 Å². The lowest BCUT2D eigenvalue weighted by Gasteiger charge is -2.31. The molecule has 0 atom stereocenters. The van der Waals surface area contributed by atoms with Crippen LogP contribution >= 0.6 is 0 Å². The summed E-state index contributed by atoms with van der Waals surface area (Å²) >= 11 is 0. The molecule has 3 aliphatic rings. The molecule has 2 saturated heterocycles. The predicted molar refractivity (Wildman–Crippen MR) is 159 cm³/mol. The van der Waals surface area contributed by atoms with Crippen molar-refractivity contribution >= 4 is 16.7 Å².